The molecule has 1 aromatic rings. The van der Waals surface area contributed by atoms with Gasteiger partial charge in [-0.05, 0) is 47.7 Å². The number of hydrogen-bond acceptors (Lipinski definition) is 2. The van der Waals surface area contributed by atoms with E-state index in [0.717, 1.165) is 9.26 Å². The molecule has 0 aliphatic carbocycles. The van der Waals surface area contributed by atoms with E-state index in [0.29, 0.717) is 0 Å². The minimum atomic E-state index is -0.219. The van der Waals surface area contributed by atoms with Crippen molar-refractivity contribution >= 4 is 34.3 Å². The van der Waals surface area contributed by atoms with Crippen LogP contribution in [0.15, 0.2) is 24.3 Å². The maximum Gasteiger partial charge on any atom is 0.321 e. The van der Waals surface area contributed by atoms with E-state index in [1.807, 2.05) is 24.3 Å². The number of benzene rings is 1. The Balaban J connectivity index is 2.64. The van der Waals surface area contributed by atoms with Crippen LogP contribution in [0.2, 0.25) is 0 Å². The molecule has 0 aliphatic rings. The third-order valence-corrected chi connectivity index (χ3v) is 2.99. The number of likely N-dealkylation sites (N-methyl/N-ethyl adjacent to an activating group) is 1. The highest BCUT2D eigenvalue weighted by atomic mass is 127. The zero-order valence-electron chi connectivity index (χ0n) is 9.27. The lowest BCUT2D eigenvalue weighted by Crippen LogP contribution is -2.40. The first-order chi connectivity index (χ1) is 7.54. The van der Waals surface area contributed by atoms with Crippen LogP contribution in [0.4, 0.5) is 10.5 Å². The minimum Gasteiger partial charge on any atom is -0.394 e. The van der Waals surface area contributed by atoms with E-state index in [1.165, 1.54) is 4.90 Å². The molecule has 5 heteroatoms. The summed E-state index contributed by atoms with van der Waals surface area (Å²) in [5.74, 6) is 0. The van der Waals surface area contributed by atoms with Crippen LogP contribution in [0.25, 0.3) is 0 Å². The lowest BCUT2D eigenvalue weighted by atomic mass is 10.3. The van der Waals surface area contributed by atoms with Gasteiger partial charge in [-0.3, -0.25) is 0 Å². The van der Waals surface area contributed by atoms with Crippen molar-refractivity contribution in [3.63, 3.8) is 0 Å². The molecule has 0 heterocycles. The predicted molar refractivity (Wildman–Crippen MR) is 72.5 cm³/mol. The first kappa shape index (κ1) is 13.2. The van der Waals surface area contributed by atoms with Gasteiger partial charge < -0.3 is 15.3 Å². The summed E-state index contributed by atoms with van der Waals surface area (Å²) in [4.78, 5) is 13.2. The van der Waals surface area contributed by atoms with E-state index >= 15 is 0 Å². The second kappa shape index (κ2) is 6.05. The van der Waals surface area contributed by atoms with Crippen molar-refractivity contribution in [2.24, 2.45) is 0 Å². The molecular formula is C11H15IN2O2. The summed E-state index contributed by atoms with van der Waals surface area (Å²) in [6.45, 7) is 1.74. The van der Waals surface area contributed by atoms with Crippen LogP contribution < -0.4 is 5.32 Å². The molecule has 0 aliphatic heterocycles. The standard InChI is InChI=1S/C11H15IN2O2/c1-8(7-15)14(2)11(16)13-10-5-3-4-9(12)6-10/h3-6,8,15H,7H2,1-2H3,(H,13,16). The molecular weight excluding hydrogens is 319 g/mol. The fourth-order valence-corrected chi connectivity index (χ4v) is 1.64. The van der Waals surface area contributed by atoms with Crippen molar-refractivity contribution in [1.82, 2.24) is 4.90 Å². The summed E-state index contributed by atoms with van der Waals surface area (Å²) in [6, 6.07) is 7.14. The number of amides is 2. The number of hydrogen-bond donors (Lipinski definition) is 2. The monoisotopic (exact) mass is 334 g/mol. The number of halogens is 1. The largest absolute Gasteiger partial charge is 0.394 e. The number of nitrogens with zero attached hydrogens (tertiary/aromatic N) is 1. The Morgan fingerprint density at radius 1 is 1.62 bits per heavy atom. The topological polar surface area (TPSA) is 52.6 Å². The molecule has 4 nitrogen and oxygen atoms in total. The smallest absolute Gasteiger partial charge is 0.321 e. The zero-order valence-corrected chi connectivity index (χ0v) is 11.4. The Kier molecular flexibility index (Phi) is 5.01. The zero-order chi connectivity index (χ0) is 12.1. The Morgan fingerprint density at radius 2 is 2.31 bits per heavy atom. The van der Waals surface area contributed by atoms with E-state index in [4.69, 9.17) is 5.11 Å². The van der Waals surface area contributed by atoms with Crippen molar-refractivity contribution in [3.8, 4) is 0 Å². The summed E-state index contributed by atoms with van der Waals surface area (Å²) in [5.41, 5.74) is 0.758. The Hall–Kier alpha value is -0.820. The second-order valence-electron chi connectivity index (χ2n) is 3.58. The number of rotatable bonds is 3. The van der Waals surface area contributed by atoms with E-state index < -0.39 is 0 Å². The summed E-state index contributed by atoms with van der Waals surface area (Å²) >= 11 is 2.19. The molecule has 2 amide bonds. The molecule has 0 saturated carbocycles. The van der Waals surface area contributed by atoms with Gasteiger partial charge in [-0.25, -0.2) is 4.79 Å². The van der Waals surface area contributed by atoms with Crippen LogP contribution in [0, 0.1) is 3.57 Å². The summed E-state index contributed by atoms with van der Waals surface area (Å²) < 4.78 is 1.06. The van der Waals surface area contributed by atoms with Crippen LogP contribution in [-0.2, 0) is 0 Å². The van der Waals surface area contributed by atoms with Crippen LogP contribution in [-0.4, -0.2) is 35.7 Å². The Bertz CT molecular complexity index is 371. The maximum absolute atomic E-state index is 11.7. The maximum atomic E-state index is 11.7. The molecule has 0 saturated heterocycles. The van der Waals surface area contributed by atoms with Gasteiger partial charge in [0, 0.05) is 16.3 Å². The highest BCUT2D eigenvalue weighted by Gasteiger charge is 2.14. The van der Waals surface area contributed by atoms with Gasteiger partial charge in [0.25, 0.3) is 0 Å². The first-order valence-electron chi connectivity index (χ1n) is 4.95. The number of urea groups is 1. The van der Waals surface area contributed by atoms with Gasteiger partial charge >= 0.3 is 6.03 Å². The fraction of sp³-hybridized carbons (Fsp3) is 0.364. The van der Waals surface area contributed by atoms with Crippen molar-refractivity contribution in [1.29, 1.82) is 0 Å². The number of aliphatic hydroxyl groups excluding tert-OH is 1. The molecule has 1 atom stereocenters. The van der Waals surface area contributed by atoms with E-state index in [1.54, 1.807) is 14.0 Å². The number of aliphatic hydroxyl groups is 1. The van der Waals surface area contributed by atoms with Gasteiger partial charge in [-0.2, -0.15) is 0 Å². The molecule has 1 unspecified atom stereocenters. The van der Waals surface area contributed by atoms with Gasteiger partial charge in [0.1, 0.15) is 0 Å². The molecule has 0 fully saturated rings. The molecule has 0 radical (unpaired) electrons. The number of anilines is 1. The van der Waals surface area contributed by atoms with Gasteiger partial charge in [0.2, 0.25) is 0 Å². The predicted octanol–water partition coefficient (Wildman–Crippen LogP) is 2.14. The van der Waals surface area contributed by atoms with Crippen molar-refractivity contribution < 1.29 is 9.90 Å². The third kappa shape index (κ3) is 3.64. The van der Waals surface area contributed by atoms with E-state index in [9.17, 15) is 4.79 Å². The average Bonchev–Trinajstić information content (AvgIpc) is 2.27. The summed E-state index contributed by atoms with van der Waals surface area (Å²) in [5, 5.41) is 11.7. The number of nitrogens with one attached hydrogen (secondary N) is 1. The molecule has 0 spiro atoms. The molecule has 0 aromatic heterocycles. The normalized spacial score (nSPS) is 12.0. The van der Waals surface area contributed by atoms with Crippen LogP contribution in [0.5, 0.6) is 0 Å². The molecule has 1 aromatic carbocycles. The van der Waals surface area contributed by atoms with Gasteiger partial charge in [0.15, 0.2) is 0 Å². The first-order valence-corrected chi connectivity index (χ1v) is 6.02. The van der Waals surface area contributed by atoms with E-state index in [2.05, 4.69) is 27.9 Å². The molecule has 88 valence electrons. The molecule has 16 heavy (non-hydrogen) atoms. The summed E-state index contributed by atoms with van der Waals surface area (Å²) in [6.07, 6.45) is 0. The summed E-state index contributed by atoms with van der Waals surface area (Å²) in [7, 11) is 1.66. The van der Waals surface area contributed by atoms with Crippen LogP contribution in [0.3, 0.4) is 0 Å². The third-order valence-electron chi connectivity index (χ3n) is 2.32. The average molecular weight is 334 g/mol. The van der Waals surface area contributed by atoms with Crippen molar-refractivity contribution in [2.45, 2.75) is 13.0 Å². The van der Waals surface area contributed by atoms with Crippen LogP contribution in [0.1, 0.15) is 6.92 Å². The molecule has 1 rings (SSSR count). The lowest BCUT2D eigenvalue weighted by molar-refractivity contribution is 0.166. The minimum absolute atomic E-state index is 0.0454. The van der Waals surface area contributed by atoms with Gasteiger partial charge in [-0.15, -0.1) is 0 Å². The highest BCUT2D eigenvalue weighted by molar-refractivity contribution is 14.1. The quantitative estimate of drug-likeness (QED) is 0.832. The lowest BCUT2D eigenvalue weighted by Gasteiger charge is -2.23. The Morgan fingerprint density at radius 3 is 2.88 bits per heavy atom. The Labute approximate surface area is 109 Å². The van der Waals surface area contributed by atoms with Gasteiger partial charge in [0.05, 0.1) is 12.6 Å². The SMILES string of the molecule is CC(CO)N(C)C(=O)Nc1cccc(I)c1. The van der Waals surface area contributed by atoms with E-state index in [-0.39, 0.29) is 18.7 Å². The van der Waals surface area contributed by atoms with Crippen molar-refractivity contribution in [3.05, 3.63) is 27.8 Å². The fourth-order valence-electron chi connectivity index (χ4n) is 1.10. The molecule has 2 N–H and O–H groups in total. The van der Waals surface area contributed by atoms with Crippen molar-refractivity contribution in [2.75, 3.05) is 19.0 Å². The number of carbonyl (C=O) groups is 1. The number of carbonyl (C=O) groups excluding carboxylic acids is 1. The van der Waals surface area contributed by atoms with Gasteiger partial charge in [-0.1, -0.05) is 6.07 Å². The highest BCUT2D eigenvalue weighted by Crippen LogP contribution is 2.13. The van der Waals surface area contributed by atoms with Crippen LogP contribution >= 0.6 is 22.6 Å². The molecule has 0 bridgehead atoms. The second-order valence-corrected chi connectivity index (χ2v) is 4.83.